The molecule has 0 atom stereocenters. The summed E-state index contributed by atoms with van der Waals surface area (Å²) in [6.45, 7) is 4.37. The van der Waals surface area contributed by atoms with E-state index in [2.05, 4.69) is 30.3 Å². The first-order valence-corrected chi connectivity index (χ1v) is 6.41. The summed E-state index contributed by atoms with van der Waals surface area (Å²) < 4.78 is 0. The maximum absolute atomic E-state index is 8.72. The largest absolute Gasteiger partial charge is 0.391 e. The average Bonchev–Trinajstić information content (AvgIpc) is 2.48. The van der Waals surface area contributed by atoms with Crippen LogP contribution in [0.2, 0.25) is 0 Å². The lowest BCUT2D eigenvalue weighted by atomic mass is 10.1. The predicted octanol–water partition coefficient (Wildman–Crippen LogP) is 3.81. The number of nitrogens with zero attached hydrogens (tertiary/aromatic N) is 2. The number of benzene rings is 2. The number of oxime groups is 1. The van der Waals surface area contributed by atoms with Gasteiger partial charge in [-0.3, -0.25) is 0 Å². The quantitative estimate of drug-likeness (QED) is 0.622. The van der Waals surface area contributed by atoms with Crippen LogP contribution in [-0.2, 0) is 11.4 Å². The summed E-state index contributed by atoms with van der Waals surface area (Å²) in [6.07, 6.45) is 0. The van der Waals surface area contributed by atoms with Crippen LogP contribution in [0.5, 0.6) is 0 Å². The van der Waals surface area contributed by atoms with Gasteiger partial charge < -0.3 is 4.84 Å². The van der Waals surface area contributed by atoms with Crippen LogP contribution < -0.4 is 0 Å². The van der Waals surface area contributed by atoms with Crippen molar-refractivity contribution in [3.8, 4) is 6.07 Å². The van der Waals surface area contributed by atoms with E-state index in [4.69, 9.17) is 10.1 Å². The highest BCUT2D eigenvalue weighted by Gasteiger charge is 1.98. The van der Waals surface area contributed by atoms with E-state index in [-0.39, 0.29) is 0 Å². The highest BCUT2D eigenvalue weighted by molar-refractivity contribution is 5.98. The van der Waals surface area contributed by atoms with Crippen molar-refractivity contribution in [1.29, 1.82) is 5.26 Å². The molecule has 0 saturated carbocycles. The number of nitriles is 1. The molecule has 2 aromatic rings. The fraction of sp³-hybridized carbons (Fsp3) is 0.176. The molecule has 100 valence electrons. The van der Waals surface area contributed by atoms with Crippen LogP contribution >= 0.6 is 0 Å². The molecular formula is C17H16N2O. The molecule has 0 amide bonds. The minimum absolute atomic E-state index is 0.398. The second kappa shape index (κ2) is 6.53. The van der Waals surface area contributed by atoms with Gasteiger partial charge in [0, 0.05) is 0 Å². The molecule has 0 aliphatic heterocycles. The highest BCUT2D eigenvalue weighted by atomic mass is 16.6. The Morgan fingerprint density at radius 3 is 2.35 bits per heavy atom. The lowest BCUT2D eigenvalue weighted by Gasteiger charge is -2.03. The van der Waals surface area contributed by atoms with Crippen LogP contribution in [0, 0.1) is 18.3 Å². The van der Waals surface area contributed by atoms with Crippen molar-refractivity contribution >= 4 is 5.71 Å². The zero-order chi connectivity index (χ0) is 14.4. The van der Waals surface area contributed by atoms with E-state index < -0.39 is 0 Å². The molecular weight excluding hydrogens is 248 g/mol. The van der Waals surface area contributed by atoms with E-state index in [0.29, 0.717) is 12.2 Å². The molecule has 0 saturated heterocycles. The summed E-state index contributed by atoms with van der Waals surface area (Å²) in [6, 6.07) is 17.5. The smallest absolute Gasteiger partial charge is 0.142 e. The molecule has 3 nitrogen and oxygen atoms in total. The molecule has 3 heteroatoms. The molecule has 2 aromatic carbocycles. The second-order valence-corrected chi connectivity index (χ2v) is 4.62. The third-order valence-electron chi connectivity index (χ3n) is 2.99. The molecule has 0 aliphatic carbocycles. The van der Waals surface area contributed by atoms with Gasteiger partial charge in [-0.05, 0) is 37.1 Å². The number of hydrogen-bond donors (Lipinski definition) is 0. The molecule has 0 spiro atoms. The SMILES string of the molecule is C/C(=N\OCc1ccc(C#N)cc1)c1ccc(C)cc1. The summed E-state index contributed by atoms with van der Waals surface area (Å²) in [5.41, 5.74) is 4.76. The van der Waals surface area contributed by atoms with Crippen LogP contribution in [-0.4, -0.2) is 5.71 Å². The minimum atomic E-state index is 0.398. The number of aryl methyl sites for hydroxylation is 1. The molecule has 0 aliphatic rings. The van der Waals surface area contributed by atoms with E-state index in [1.54, 1.807) is 12.1 Å². The van der Waals surface area contributed by atoms with Crippen molar-refractivity contribution in [3.63, 3.8) is 0 Å². The normalized spacial score (nSPS) is 10.9. The summed E-state index contributed by atoms with van der Waals surface area (Å²) in [4.78, 5) is 5.34. The standard InChI is InChI=1S/C17H16N2O/c1-13-3-9-17(10-4-13)14(2)19-20-12-16-7-5-15(11-18)6-8-16/h3-10H,12H2,1-2H3/b19-14+. The first kappa shape index (κ1) is 13.8. The Kier molecular flexibility index (Phi) is 4.52. The van der Waals surface area contributed by atoms with E-state index in [9.17, 15) is 0 Å². The molecule has 0 unspecified atom stereocenters. The van der Waals surface area contributed by atoms with Crippen molar-refractivity contribution in [2.24, 2.45) is 5.16 Å². The van der Waals surface area contributed by atoms with E-state index >= 15 is 0 Å². The van der Waals surface area contributed by atoms with Gasteiger partial charge in [0.2, 0.25) is 0 Å². The van der Waals surface area contributed by atoms with Crippen molar-refractivity contribution in [2.75, 3.05) is 0 Å². The highest BCUT2D eigenvalue weighted by Crippen LogP contribution is 2.07. The third kappa shape index (κ3) is 3.69. The third-order valence-corrected chi connectivity index (χ3v) is 2.99. The second-order valence-electron chi connectivity index (χ2n) is 4.62. The van der Waals surface area contributed by atoms with Crippen molar-refractivity contribution < 1.29 is 4.84 Å². The maximum Gasteiger partial charge on any atom is 0.142 e. The zero-order valence-corrected chi connectivity index (χ0v) is 11.6. The molecule has 0 bridgehead atoms. The average molecular weight is 264 g/mol. The van der Waals surface area contributed by atoms with E-state index in [1.165, 1.54) is 5.56 Å². The summed E-state index contributed by atoms with van der Waals surface area (Å²) in [5.74, 6) is 0. The molecule has 2 rings (SSSR count). The van der Waals surface area contributed by atoms with Crippen LogP contribution in [0.3, 0.4) is 0 Å². The van der Waals surface area contributed by atoms with Gasteiger partial charge >= 0.3 is 0 Å². The number of hydrogen-bond acceptors (Lipinski definition) is 3. The Labute approximate surface area is 119 Å². The van der Waals surface area contributed by atoms with Gasteiger partial charge in [0.15, 0.2) is 0 Å². The van der Waals surface area contributed by atoms with E-state index in [1.807, 2.05) is 31.2 Å². The molecule has 0 aromatic heterocycles. The number of rotatable bonds is 4. The minimum Gasteiger partial charge on any atom is -0.391 e. The van der Waals surface area contributed by atoms with Crippen molar-refractivity contribution in [2.45, 2.75) is 20.5 Å². The van der Waals surface area contributed by atoms with Gasteiger partial charge in [0.05, 0.1) is 17.3 Å². The lowest BCUT2D eigenvalue weighted by molar-refractivity contribution is 0.130. The summed E-state index contributed by atoms with van der Waals surface area (Å²) >= 11 is 0. The fourth-order valence-electron chi connectivity index (χ4n) is 1.73. The van der Waals surface area contributed by atoms with Gasteiger partial charge in [0.25, 0.3) is 0 Å². The first-order valence-electron chi connectivity index (χ1n) is 6.41. The predicted molar refractivity (Wildman–Crippen MR) is 79.3 cm³/mol. The van der Waals surface area contributed by atoms with Crippen LogP contribution in [0.15, 0.2) is 53.7 Å². The van der Waals surface area contributed by atoms with Crippen molar-refractivity contribution in [3.05, 3.63) is 70.8 Å². The topological polar surface area (TPSA) is 45.4 Å². The fourth-order valence-corrected chi connectivity index (χ4v) is 1.73. The Bertz CT molecular complexity index is 634. The Hall–Kier alpha value is -2.60. The Morgan fingerprint density at radius 1 is 1.10 bits per heavy atom. The maximum atomic E-state index is 8.72. The van der Waals surface area contributed by atoms with Gasteiger partial charge in [-0.25, -0.2) is 0 Å². The summed E-state index contributed by atoms with van der Waals surface area (Å²) in [5, 5.41) is 12.8. The van der Waals surface area contributed by atoms with Gasteiger partial charge in [-0.1, -0.05) is 47.1 Å². The molecule has 0 radical (unpaired) electrons. The zero-order valence-electron chi connectivity index (χ0n) is 11.6. The van der Waals surface area contributed by atoms with E-state index in [0.717, 1.165) is 16.8 Å². The van der Waals surface area contributed by atoms with Crippen LogP contribution in [0.4, 0.5) is 0 Å². The molecule has 0 N–H and O–H groups in total. The monoisotopic (exact) mass is 264 g/mol. The Balaban J connectivity index is 1.95. The van der Waals surface area contributed by atoms with Crippen LogP contribution in [0.1, 0.15) is 29.2 Å². The molecule has 0 fully saturated rings. The molecule has 20 heavy (non-hydrogen) atoms. The van der Waals surface area contributed by atoms with Gasteiger partial charge in [0.1, 0.15) is 6.61 Å². The van der Waals surface area contributed by atoms with Crippen molar-refractivity contribution in [1.82, 2.24) is 0 Å². The first-order chi connectivity index (χ1) is 9.69. The molecule has 0 heterocycles. The summed E-state index contributed by atoms with van der Waals surface area (Å²) in [7, 11) is 0. The van der Waals surface area contributed by atoms with Gasteiger partial charge in [-0.15, -0.1) is 0 Å². The van der Waals surface area contributed by atoms with Crippen LogP contribution in [0.25, 0.3) is 0 Å². The van der Waals surface area contributed by atoms with Gasteiger partial charge in [-0.2, -0.15) is 5.26 Å². The Morgan fingerprint density at radius 2 is 1.75 bits per heavy atom. The lowest BCUT2D eigenvalue weighted by Crippen LogP contribution is -1.97.